The summed E-state index contributed by atoms with van der Waals surface area (Å²) in [7, 11) is -2.09. The Hall–Kier alpha value is -1.16. The SMILES string of the molecule is CCCCCCCCCCCCCO[Si](CC)(CC)OCc1ccc2ccccc2c1. The third-order valence-corrected chi connectivity index (χ3v) is 10.1. The molecule has 0 bridgehead atoms. The molecule has 0 saturated carbocycles. The molecule has 0 amide bonds. The Bertz CT molecular complexity index is 711. The zero-order chi connectivity index (χ0) is 22.2. The second-order valence-electron chi connectivity index (χ2n) is 8.97. The summed E-state index contributed by atoms with van der Waals surface area (Å²) in [6.07, 6.45) is 15.1. The van der Waals surface area contributed by atoms with Gasteiger partial charge in [0.15, 0.2) is 0 Å². The first-order valence-electron chi connectivity index (χ1n) is 13.0. The van der Waals surface area contributed by atoms with E-state index in [1.165, 1.54) is 87.0 Å². The summed E-state index contributed by atoms with van der Waals surface area (Å²) in [6, 6.07) is 17.2. The Labute approximate surface area is 193 Å². The molecule has 2 aromatic carbocycles. The number of rotatable bonds is 18. The van der Waals surface area contributed by atoms with Crippen LogP contribution >= 0.6 is 0 Å². The molecule has 0 aliphatic rings. The summed E-state index contributed by atoms with van der Waals surface area (Å²) >= 11 is 0. The molecule has 3 heteroatoms. The first-order chi connectivity index (χ1) is 15.2. The zero-order valence-electron chi connectivity index (χ0n) is 20.5. The van der Waals surface area contributed by atoms with Crippen LogP contribution < -0.4 is 0 Å². The van der Waals surface area contributed by atoms with Crippen LogP contribution in [0.1, 0.15) is 97.0 Å². The molecule has 0 unspecified atom stereocenters. The van der Waals surface area contributed by atoms with Gasteiger partial charge in [0.05, 0.1) is 6.61 Å². The summed E-state index contributed by atoms with van der Waals surface area (Å²) in [5, 5.41) is 2.57. The highest BCUT2D eigenvalue weighted by molar-refractivity contribution is 6.67. The monoisotopic (exact) mass is 442 g/mol. The number of unbranched alkanes of at least 4 members (excludes halogenated alkanes) is 10. The van der Waals surface area contributed by atoms with E-state index < -0.39 is 8.56 Å². The summed E-state index contributed by atoms with van der Waals surface area (Å²) in [5.41, 5.74) is 1.25. The van der Waals surface area contributed by atoms with E-state index in [2.05, 4.69) is 63.2 Å². The maximum Gasteiger partial charge on any atom is 0.337 e. The van der Waals surface area contributed by atoms with Crippen LogP contribution in [-0.2, 0) is 15.5 Å². The molecule has 31 heavy (non-hydrogen) atoms. The van der Waals surface area contributed by atoms with Gasteiger partial charge in [0.1, 0.15) is 0 Å². The molecule has 0 N–H and O–H groups in total. The average Bonchev–Trinajstić information content (AvgIpc) is 2.82. The Balaban J connectivity index is 1.62. The van der Waals surface area contributed by atoms with E-state index in [1.807, 2.05) is 0 Å². The summed E-state index contributed by atoms with van der Waals surface area (Å²) in [6.45, 7) is 8.28. The Morgan fingerprint density at radius 1 is 0.613 bits per heavy atom. The van der Waals surface area contributed by atoms with Crippen LogP contribution in [0.15, 0.2) is 42.5 Å². The highest BCUT2D eigenvalue weighted by atomic mass is 28.4. The van der Waals surface area contributed by atoms with E-state index in [0.29, 0.717) is 6.61 Å². The molecule has 0 spiro atoms. The molecule has 2 nitrogen and oxygen atoms in total. The summed E-state index contributed by atoms with van der Waals surface area (Å²) in [4.78, 5) is 0. The van der Waals surface area contributed by atoms with Gasteiger partial charge in [-0.3, -0.25) is 0 Å². The van der Waals surface area contributed by atoms with Crippen molar-refractivity contribution in [3.05, 3.63) is 48.0 Å². The van der Waals surface area contributed by atoms with Crippen molar-refractivity contribution in [1.29, 1.82) is 0 Å². The van der Waals surface area contributed by atoms with Crippen LogP contribution in [0.25, 0.3) is 10.8 Å². The minimum atomic E-state index is -2.09. The molecule has 0 aromatic heterocycles. The lowest BCUT2D eigenvalue weighted by Crippen LogP contribution is -2.40. The van der Waals surface area contributed by atoms with Crippen LogP contribution in [-0.4, -0.2) is 15.2 Å². The van der Waals surface area contributed by atoms with E-state index in [0.717, 1.165) is 18.7 Å². The molecule has 2 rings (SSSR count). The Morgan fingerprint density at radius 3 is 1.81 bits per heavy atom. The third-order valence-electron chi connectivity index (χ3n) is 6.51. The number of hydrogen-bond donors (Lipinski definition) is 0. The summed E-state index contributed by atoms with van der Waals surface area (Å²) < 4.78 is 12.9. The van der Waals surface area contributed by atoms with Gasteiger partial charge in [0.2, 0.25) is 0 Å². The topological polar surface area (TPSA) is 18.5 Å². The van der Waals surface area contributed by atoms with Gasteiger partial charge in [-0.25, -0.2) is 0 Å². The van der Waals surface area contributed by atoms with Crippen molar-refractivity contribution in [2.75, 3.05) is 6.61 Å². The fourth-order valence-corrected chi connectivity index (χ4v) is 6.61. The Kier molecular flexibility index (Phi) is 13.1. The van der Waals surface area contributed by atoms with Crippen LogP contribution in [0.4, 0.5) is 0 Å². The van der Waals surface area contributed by atoms with Crippen molar-refractivity contribution in [3.63, 3.8) is 0 Å². The lowest BCUT2D eigenvalue weighted by atomic mass is 10.1. The minimum absolute atomic E-state index is 0.664. The Morgan fingerprint density at radius 2 is 1.19 bits per heavy atom. The van der Waals surface area contributed by atoms with E-state index >= 15 is 0 Å². The van der Waals surface area contributed by atoms with Crippen molar-refractivity contribution >= 4 is 19.3 Å². The van der Waals surface area contributed by atoms with Crippen molar-refractivity contribution in [1.82, 2.24) is 0 Å². The van der Waals surface area contributed by atoms with Crippen molar-refractivity contribution in [2.45, 2.75) is 110 Å². The maximum absolute atomic E-state index is 6.48. The number of hydrogen-bond acceptors (Lipinski definition) is 2. The molecule has 0 atom stereocenters. The predicted molar refractivity (Wildman–Crippen MR) is 138 cm³/mol. The van der Waals surface area contributed by atoms with E-state index in [9.17, 15) is 0 Å². The average molecular weight is 443 g/mol. The first-order valence-corrected chi connectivity index (χ1v) is 15.2. The van der Waals surface area contributed by atoms with Gasteiger partial charge < -0.3 is 8.85 Å². The van der Waals surface area contributed by atoms with E-state index in [4.69, 9.17) is 8.85 Å². The second kappa shape index (κ2) is 15.6. The largest absolute Gasteiger partial charge is 0.394 e. The van der Waals surface area contributed by atoms with Crippen LogP contribution in [0.5, 0.6) is 0 Å². The van der Waals surface area contributed by atoms with Gasteiger partial charge in [0.25, 0.3) is 0 Å². The quantitative estimate of drug-likeness (QED) is 0.169. The summed E-state index contributed by atoms with van der Waals surface area (Å²) in [5.74, 6) is 0. The zero-order valence-corrected chi connectivity index (χ0v) is 21.5. The van der Waals surface area contributed by atoms with Crippen LogP contribution in [0, 0.1) is 0 Å². The van der Waals surface area contributed by atoms with Crippen LogP contribution in [0.2, 0.25) is 12.1 Å². The highest BCUT2D eigenvalue weighted by Crippen LogP contribution is 2.23. The standard InChI is InChI=1S/C28H46O2Si/c1-4-7-8-9-10-11-12-13-14-15-18-23-29-31(5-2,6-3)30-25-26-21-22-27-19-16-17-20-28(27)24-26/h16-17,19-22,24H,4-15,18,23,25H2,1-3H3. The lowest BCUT2D eigenvalue weighted by molar-refractivity contribution is 0.158. The van der Waals surface area contributed by atoms with Crippen molar-refractivity contribution in [3.8, 4) is 0 Å². The fourth-order valence-electron chi connectivity index (χ4n) is 4.27. The molecular formula is C28H46O2Si. The number of benzene rings is 2. The minimum Gasteiger partial charge on any atom is -0.394 e. The van der Waals surface area contributed by atoms with E-state index in [1.54, 1.807) is 0 Å². The maximum atomic E-state index is 6.48. The molecular weight excluding hydrogens is 396 g/mol. The smallest absolute Gasteiger partial charge is 0.337 e. The molecule has 0 aliphatic carbocycles. The molecule has 0 saturated heterocycles. The first kappa shape index (κ1) is 26.1. The van der Waals surface area contributed by atoms with Gasteiger partial charge in [-0.05, 0) is 40.9 Å². The molecule has 0 fully saturated rings. The van der Waals surface area contributed by atoms with E-state index in [-0.39, 0.29) is 0 Å². The van der Waals surface area contributed by atoms with Gasteiger partial charge >= 0.3 is 8.56 Å². The molecule has 0 radical (unpaired) electrons. The molecule has 0 aliphatic heterocycles. The number of fused-ring (bicyclic) bond motifs is 1. The second-order valence-corrected chi connectivity index (χ2v) is 12.8. The highest BCUT2D eigenvalue weighted by Gasteiger charge is 2.33. The van der Waals surface area contributed by atoms with Crippen molar-refractivity contribution in [2.24, 2.45) is 0 Å². The van der Waals surface area contributed by atoms with Crippen molar-refractivity contribution < 1.29 is 8.85 Å². The van der Waals surface area contributed by atoms with Gasteiger partial charge in [-0.1, -0.05) is 121 Å². The van der Waals surface area contributed by atoms with Gasteiger partial charge in [-0.15, -0.1) is 0 Å². The molecule has 2 aromatic rings. The van der Waals surface area contributed by atoms with Crippen LogP contribution in [0.3, 0.4) is 0 Å². The lowest BCUT2D eigenvalue weighted by Gasteiger charge is -2.29. The fraction of sp³-hybridized carbons (Fsp3) is 0.643. The predicted octanol–water partition coefficient (Wildman–Crippen LogP) is 9.17. The molecule has 0 heterocycles. The molecule has 174 valence electrons. The van der Waals surface area contributed by atoms with Gasteiger partial charge in [0, 0.05) is 6.61 Å². The normalized spacial score (nSPS) is 12.0. The van der Waals surface area contributed by atoms with Gasteiger partial charge in [-0.2, -0.15) is 0 Å². The third kappa shape index (κ3) is 9.89.